The Bertz CT molecular complexity index is 325. The first-order valence-electron chi connectivity index (χ1n) is 4.89. The number of rotatable bonds is 3. The van der Waals surface area contributed by atoms with Gasteiger partial charge in [0.1, 0.15) is 11.3 Å². The molecule has 3 rings (SSSR count). The molecule has 2 fully saturated rings. The molecule has 2 aliphatic carbocycles. The number of aliphatic hydroxyl groups is 1. The van der Waals surface area contributed by atoms with Crippen molar-refractivity contribution in [2.45, 2.75) is 37.8 Å². The maximum Gasteiger partial charge on any atom is 0.114 e. The molecule has 1 N–H and O–H groups in total. The highest BCUT2D eigenvalue weighted by Crippen LogP contribution is 2.44. The average molecular weight is 179 g/mol. The van der Waals surface area contributed by atoms with Gasteiger partial charge in [-0.1, -0.05) is 5.21 Å². The quantitative estimate of drug-likeness (QED) is 0.742. The van der Waals surface area contributed by atoms with Crippen LogP contribution in [0.3, 0.4) is 0 Å². The van der Waals surface area contributed by atoms with Crippen LogP contribution in [0.2, 0.25) is 0 Å². The van der Waals surface area contributed by atoms with Crippen molar-refractivity contribution in [1.29, 1.82) is 0 Å². The molecule has 13 heavy (non-hydrogen) atoms. The van der Waals surface area contributed by atoms with Crippen LogP contribution in [0.15, 0.2) is 6.20 Å². The van der Waals surface area contributed by atoms with Crippen LogP contribution in [0, 0.1) is 5.92 Å². The first-order valence-corrected chi connectivity index (χ1v) is 4.89. The summed E-state index contributed by atoms with van der Waals surface area (Å²) in [5.41, 5.74) is 0.134. The van der Waals surface area contributed by atoms with Gasteiger partial charge < -0.3 is 5.11 Å². The third kappa shape index (κ3) is 1.35. The number of nitrogens with zero attached hydrogens (tertiary/aromatic N) is 3. The van der Waals surface area contributed by atoms with E-state index in [2.05, 4.69) is 10.3 Å². The van der Waals surface area contributed by atoms with Gasteiger partial charge in [0.2, 0.25) is 0 Å². The van der Waals surface area contributed by atoms with E-state index in [1.165, 1.54) is 12.8 Å². The summed E-state index contributed by atoms with van der Waals surface area (Å²) < 4.78 is 1.86. The molecular formula is C9H13N3O. The van der Waals surface area contributed by atoms with E-state index < -0.39 is 5.60 Å². The summed E-state index contributed by atoms with van der Waals surface area (Å²) >= 11 is 0. The first kappa shape index (κ1) is 7.50. The Labute approximate surface area is 76.6 Å². The lowest BCUT2D eigenvalue weighted by Gasteiger charge is -1.99. The molecule has 0 atom stereocenters. The van der Waals surface area contributed by atoms with Crippen molar-refractivity contribution in [3.05, 3.63) is 11.9 Å². The maximum atomic E-state index is 9.75. The third-order valence-electron chi connectivity index (χ3n) is 2.88. The Hall–Kier alpha value is -0.900. The molecule has 4 nitrogen and oxygen atoms in total. The fourth-order valence-corrected chi connectivity index (χ4v) is 1.54. The molecule has 0 aromatic carbocycles. The van der Waals surface area contributed by atoms with Crippen LogP contribution in [0.25, 0.3) is 0 Å². The van der Waals surface area contributed by atoms with Crippen LogP contribution in [-0.2, 0) is 12.1 Å². The monoisotopic (exact) mass is 179 g/mol. The average Bonchev–Trinajstić information content (AvgIpc) is 2.97. The van der Waals surface area contributed by atoms with Crippen molar-refractivity contribution in [3.63, 3.8) is 0 Å². The molecule has 70 valence electrons. The standard InChI is InChI=1S/C9H13N3O/c13-9(3-4-9)8-6-12(11-10-8)5-7-1-2-7/h6-7,13H,1-5H2. The van der Waals surface area contributed by atoms with Crippen LogP contribution in [0.1, 0.15) is 31.4 Å². The zero-order valence-corrected chi connectivity index (χ0v) is 7.48. The molecule has 1 aromatic heterocycles. The highest BCUT2D eigenvalue weighted by Gasteiger charge is 2.44. The van der Waals surface area contributed by atoms with Crippen LogP contribution >= 0.6 is 0 Å². The van der Waals surface area contributed by atoms with E-state index in [1.807, 2.05) is 10.9 Å². The Balaban J connectivity index is 1.76. The Morgan fingerprint density at radius 1 is 1.54 bits per heavy atom. The van der Waals surface area contributed by atoms with Crippen LogP contribution in [0.4, 0.5) is 0 Å². The van der Waals surface area contributed by atoms with E-state index in [4.69, 9.17) is 0 Å². The highest BCUT2D eigenvalue weighted by molar-refractivity contribution is 5.14. The van der Waals surface area contributed by atoms with Gasteiger partial charge >= 0.3 is 0 Å². The second-order valence-electron chi connectivity index (χ2n) is 4.30. The Morgan fingerprint density at radius 3 is 2.92 bits per heavy atom. The van der Waals surface area contributed by atoms with E-state index in [-0.39, 0.29) is 0 Å². The van der Waals surface area contributed by atoms with Gasteiger partial charge in [0, 0.05) is 6.54 Å². The predicted octanol–water partition coefficient (Wildman–Crippen LogP) is 0.669. The minimum absolute atomic E-state index is 0.623. The van der Waals surface area contributed by atoms with Gasteiger partial charge in [-0.25, -0.2) is 0 Å². The second-order valence-corrected chi connectivity index (χ2v) is 4.30. The molecule has 0 amide bonds. The summed E-state index contributed by atoms with van der Waals surface area (Å²) in [7, 11) is 0. The zero-order valence-electron chi connectivity index (χ0n) is 7.48. The zero-order chi connectivity index (χ0) is 8.89. The second kappa shape index (κ2) is 2.32. The van der Waals surface area contributed by atoms with Gasteiger partial charge in [-0.15, -0.1) is 5.10 Å². The van der Waals surface area contributed by atoms with Crippen molar-refractivity contribution < 1.29 is 5.11 Å². The molecule has 0 spiro atoms. The van der Waals surface area contributed by atoms with E-state index >= 15 is 0 Å². The van der Waals surface area contributed by atoms with E-state index in [1.54, 1.807) is 0 Å². The molecule has 0 radical (unpaired) electrons. The smallest absolute Gasteiger partial charge is 0.114 e. The Morgan fingerprint density at radius 2 is 2.31 bits per heavy atom. The van der Waals surface area contributed by atoms with Gasteiger partial charge in [0.25, 0.3) is 0 Å². The molecule has 0 aliphatic heterocycles. The first-order chi connectivity index (χ1) is 6.26. The third-order valence-corrected chi connectivity index (χ3v) is 2.88. The minimum atomic E-state index is -0.623. The molecule has 0 unspecified atom stereocenters. The molecule has 2 aliphatic rings. The summed E-state index contributed by atoms with van der Waals surface area (Å²) in [6.07, 6.45) is 6.22. The predicted molar refractivity (Wildman–Crippen MR) is 45.9 cm³/mol. The van der Waals surface area contributed by atoms with Gasteiger partial charge in [-0.3, -0.25) is 4.68 Å². The van der Waals surface area contributed by atoms with E-state index in [0.29, 0.717) is 0 Å². The minimum Gasteiger partial charge on any atom is -0.383 e. The van der Waals surface area contributed by atoms with Crippen LogP contribution in [0.5, 0.6) is 0 Å². The summed E-state index contributed by atoms with van der Waals surface area (Å²) in [6.45, 7) is 0.975. The maximum absolute atomic E-state index is 9.75. The van der Waals surface area contributed by atoms with E-state index in [9.17, 15) is 5.11 Å². The van der Waals surface area contributed by atoms with Gasteiger partial charge in [0.05, 0.1) is 6.20 Å². The lowest BCUT2D eigenvalue weighted by Crippen LogP contribution is -2.04. The van der Waals surface area contributed by atoms with Gasteiger partial charge in [-0.05, 0) is 31.6 Å². The fourth-order valence-electron chi connectivity index (χ4n) is 1.54. The molecular weight excluding hydrogens is 166 g/mol. The molecule has 2 saturated carbocycles. The lowest BCUT2D eigenvalue weighted by atomic mass is 10.2. The van der Waals surface area contributed by atoms with Crippen molar-refractivity contribution in [2.24, 2.45) is 5.92 Å². The van der Waals surface area contributed by atoms with Crippen molar-refractivity contribution in [2.75, 3.05) is 0 Å². The molecule has 1 aromatic rings. The summed E-state index contributed by atoms with van der Waals surface area (Å²) in [5, 5.41) is 17.8. The van der Waals surface area contributed by atoms with Gasteiger partial charge in [-0.2, -0.15) is 0 Å². The fraction of sp³-hybridized carbons (Fsp3) is 0.778. The number of aromatic nitrogens is 3. The Kier molecular flexibility index (Phi) is 1.34. The lowest BCUT2D eigenvalue weighted by molar-refractivity contribution is 0.146. The highest BCUT2D eigenvalue weighted by atomic mass is 16.3. The number of hydrogen-bond acceptors (Lipinski definition) is 3. The van der Waals surface area contributed by atoms with Crippen LogP contribution in [-0.4, -0.2) is 20.1 Å². The van der Waals surface area contributed by atoms with Crippen molar-refractivity contribution in [1.82, 2.24) is 15.0 Å². The van der Waals surface area contributed by atoms with Crippen molar-refractivity contribution in [3.8, 4) is 0 Å². The summed E-state index contributed by atoms with van der Waals surface area (Å²) in [6, 6.07) is 0. The topological polar surface area (TPSA) is 50.9 Å². The van der Waals surface area contributed by atoms with Crippen LogP contribution < -0.4 is 0 Å². The SMILES string of the molecule is OC1(c2cn(CC3CC3)nn2)CC1. The molecule has 4 heteroatoms. The molecule has 1 heterocycles. The largest absolute Gasteiger partial charge is 0.383 e. The normalized spacial score (nSPS) is 24.7. The molecule has 0 bridgehead atoms. The van der Waals surface area contributed by atoms with E-state index in [0.717, 1.165) is 31.0 Å². The summed E-state index contributed by atoms with van der Waals surface area (Å²) in [5.74, 6) is 0.809. The summed E-state index contributed by atoms with van der Waals surface area (Å²) in [4.78, 5) is 0. The van der Waals surface area contributed by atoms with Crippen molar-refractivity contribution >= 4 is 0 Å². The van der Waals surface area contributed by atoms with Gasteiger partial charge in [0.15, 0.2) is 0 Å². The number of hydrogen-bond donors (Lipinski definition) is 1. The molecule has 0 saturated heterocycles.